The Morgan fingerprint density at radius 1 is 1.03 bits per heavy atom. The zero-order valence-corrected chi connectivity index (χ0v) is 20.2. The second-order valence-electron chi connectivity index (χ2n) is 9.31. The summed E-state index contributed by atoms with van der Waals surface area (Å²) in [5.41, 5.74) is 1.17. The molecule has 37 heavy (non-hydrogen) atoms. The van der Waals surface area contributed by atoms with Gasteiger partial charge in [0.05, 0.1) is 6.61 Å². The molecule has 0 radical (unpaired) electrons. The number of rotatable bonds is 6. The van der Waals surface area contributed by atoms with E-state index in [0.717, 1.165) is 5.57 Å². The van der Waals surface area contributed by atoms with E-state index in [1.165, 1.54) is 30.3 Å². The van der Waals surface area contributed by atoms with Crippen molar-refractivity contribution in [1.82, 2.24) is 0 Å². The maximum atomic E-state index is 13.1. The molecule has 2 heterocycles. The third-order valence-corrected chi connectivity index (χ3v) is 6.41. The van der Waals surface area contributed by atoms with Gasteiger partial charge < -0.3 is 50.0 Å². The molecule has 0 saturated carbocycles. The number of hydrogen-bond acceptors (Lipinski definition) is 11. The largest absolute Gasteiger partial charge is 0.508 e. The number of hydrogen-bond donors (Lipinski definition) is 7. The number of carbonyl (C=O) groups is 1. The lowest BCUT2D eigenvalue weighted by Gasteiger charge is -2.40. The van der Waals surface area contributed by atoms with Crippen molar-refractivity contribution in [1.29, 1.82) is 0 Å². The van der Waals surface area contributed by atoms with Crippen LogP contribution in [0.5, 0.6) is 23.0 Å². The van der Waals surface area contributed by atoms with Gasteiger partial charge in [-0.05, 0) is 38.0 Å². The summed E-state index contributed by atoms with van der Waals surface area (Å²) in [7, 11) is 0. The minimum absolute atomic E-state index is 0.0162. The van der Waals surface area contributed by atoms with Gasteiger partial charge in [0, 0.05) is 11.6 Å². The van der Waals surface area contributed by atoms with Gasteiger partial charge in [-0.2, -0.15) is 0 Å². The van der Waals surface area contributed by atoms with Crippen LogP contribution in [0, 0.1) is 0 Å². The Hall–Kier alpha value is -3.19. The molecule has 7 atom stereocenters. The molecule has 0 aliphatic carbocycles. The van der Waals surface area contributed by atoms with Crippen LogP contribution in [0.15, 0.2) is 42.0 Å². The summed E-state index contributed by atoms with van der Waals surface area (Å²) in [6.45, 7) is 3.00. The van der Waals surface area contributed by atoms with Gasteiger partial charge in [0.1, 0.15) is 53.0 Å². The average molecular weight is 519 g/mol. The maximum Gasteiger partial charge on any atom is 0.229 e. The summed E-state index contributed by atoms with van der Waals surface area (Å²) in [4.78, 5) is 13.1. The molecule has 2 aliphatic heterocycles. The number of Topliss-reactive ketones (excluding diaryl/α,β-unsaturated/α-hetero) is 1. The molecule has 2 aliphatic rings. The Labute approximate surface area is 212 Å². The fraction of sp³-hybridized carbons (Fsp3) is 0.423. The van der Waals surface area contributed by atoms with E-state index in [0.29, 0.717) is 5.56 Å². The number of ether oxygens (including phenoxy) is 3. The number of fused-ring (bicyclic) bond motifs is 1. The molecule has 2 aromatic rings. The molecule has 11 heteroatoms. The van der Waals surface area contributed by atoms with Crippen molar-refractivity contribution in [3.8, 4) is 23.0 Å². The third-order valence-electron chi connectivity index (χ3n) is 6.41. The number of carbonyl (C=O) groups excluding carboxylic acids is 1. The van der Waals surface area contributed by atoms with E-state index in [9.17, 15) is 40.5 Å². The Morgan fingerprint density at radius 3 is 2.32 bits per heavy atom. The molecule has 1 saturated heterocycles. The van der Waals surface area contributed by atoms with Gasteiger partial charge in [-0.1, -0.05) is 23.8 Å². The Morgan fingerprint density at radius 2 is 1.70 bits per heavy atom. The summed E-state index contributed by atoms with van der Waals surface area (Å²) in [5, 5.41) is 71.5. The minimum Gasteiger partial charge on any atom is -0.508 e. The van der Waals surface area contributed by atoms with Gasteiger partial charge >= 0.3 is 0 Å². The molecule has 200 valence electrons. The zero-order chi connectivity index (χ0) is 27.0. The van der Waals surface area contributed by atoms with Gasteiger partial charge in [0.25, 0.3) is 0 Å². The van der Waals surface area contributed by atoms with Crippen molar-refractivity contribution < 1.29 is 54.8 Å². The Kier molecular flexibility index (Phi) is 7.74. The minimum atomic E-state index is -1.71. The van der Waals surface area contributed by atoms with Crippen LogP contribution in [-0.4, -0.2) is 84.9 Å². The van der Waals surface area contributed by atoms with E-state index >= 15 is 0 Å². The summed E-state index contributed by atoms with van der Waals surface area (Å²) in [6.07, 6.45) is -8.68. The van der Waals surface area contributed by atoms with E-state index in [1.807, 2.05) is 13.8 Å². The molecule has 2 aromatic carbocycles. The number of phenolic OH excluding ortho intramolecular Hbond substituents is 2. The highest BCUT2D eigenvalue weighted by atomic mass is 16.7. The van der Waals surface area contributed by atoms with E-state index in [4.69, 9.17) is 14.2 Å². The molecule has 0 unspecified atom stereocenters. The summed E-state index contributed by atoms with van der Waals surface area (Å²) < 4.78 is 17.2. The number of allylic oxidation sites excluding steroid dienone is 2. The molecule has 0 aromatic heterocycles. The number of aliphatic hydroxyl groups excluding tert-OH is 5. The normalized spacial score (nSPS) is 29.3. The standard InChI is InChI=1S/C26H30O11/c1-11(2)3-8-14-15(36-26-24(34)22(32)20(30)17(10-27)37-26)9-16-18(19(14)29)21(31)23(33)25(35-16)12-4-6-13(28)7-5-12/h3-7,9,17,20,22-30,32-34H,8,10H2,1-2H3/t17-,20+,22+,23+,24+,25-,26+/m0/s1. The number of phenols is 2. The Balaban J connectivity index is 1.77. The second-order valence-corrected chi connectivity index (χ2v) is 9.31. The molecule has 7 N–H and O–H groups in total. The maximum absolute atomic E-state index is 13.1. The SMILES string of the molecule is CC(C)=CCc1c(O[C@@H]2O[C@@H](CO)[C@@H](O)[C@@H](O)[C@H]2O)cc2c(c1O)C(=O)[C@@H](O)[C@H](c1ccc(O)cc1)O2. The van der Waals surface area contributed by atoms with Crippen molar-refractivity contribution in [2.24, 2.45) is 0 Å². The monoisotopic (exact) mass is 518 g/mol. The van der Waals surface area contributed by atoms with Crippen molar-refractivity contribution in [2.75, 3.05) is 6.61 Å². The third kappa shape index (κ3) is 5.14. The van der Waals surface area contributed by atoms with Crippen molar-refractivity contribution in [3.05, 3.63) is 58.7 Å². The molecule has 1 fully saturated rings. The van der Waals surface area contributed by atoms with Gasteiger partial charge in [-0.25, -0.2) is 0 Å². The van der Waals surface area contributed by atoms with Crippen LogP contribution in [0.25, 0.3) is 0 Å². The fourth-order valence-electron chi connectivity index (χ4n) is 4.29. The van der Waals surface area contributed by atoms with E-state index < -0.39 is 61.1 Å². The average Bonchev–Trinajstić information content (AvgIpc) is 2.86. The first kappa shape index (κ1) is 26.9. The highest BCUT2D eigenvalue weighted by Gasteiger charge is 2.46. The number of aromatic hydroxyl groups is 2. The van der Waals surface area contributed by atoms with Gasteiger partial charge in [0.2, 0.25) is 12.1 Å². The quantitative estimate of drug-likeness (QED) is 0.263. The summed E-state index contributed by atoms with van der Waals surface area (Å²) in [6, 6.07) is 7.02. The molecule has 0 amide bonds. The van der Waals surface area contributed by atoms with Crippen LogP contribution < -0.4 is 9.47 Å². The predicted octanol–water partition coefficient (Wildman–Crippen LogP) is 0.462. The molecule has 4 rings (SSSR count). The smallest absolute Gasteiger partial charge is 0.229 e. The topological polar surface area (TPSA) is 186 Å². The van der Waals surface area contributed by atoms with Crippen molar-refractivity contribution in [2.45, 2.75) is 63.2 Å². The first-order valence-corrected chi connectivity index (χ1v) is 11.7. The number of benzene rings is 2. The Bertz CT molecular complexity index is 1170. The van der Waals surface area contributed by atoms with Crippen molar-refractivity contribution in [3.63, 3.8) is 0 Å². The zero-order valence-electron chi connectivity index (χ0n) is 20.2. The first-order chi connectivity index (χ1) is 17.5. The van der Waals surface area contributed by atoms with E-state index in [1.54, 1.807) is 6.08 Å². The lowest BCUT2D eigenvalue weighted by molar-refractivity contribution is -0.277. The molecular weight excluding hydrogens is 488 g/mol. The molecule has 0 spiro atoms. The van der Waals surface area contributed by atoms with Crippen LogP contribution in [0.3, 0.4) is 0 Å². The fourth-order valence-corrected chi connectivity index (χ4v) is 4.29. The number of aliphatic hydroxyl groups is 5. The number of ketones is 1. The highest BCUT2D eigenvalue weighted by Crippen LogP contribution is 2.46. The summed E-state index contributed by atoms with van der Waals surface area (Å²) >= 11 is 0. The van der Waals surface area contributed by atoms with Gasteiger partial charge in [-0.15, -0.1) is 0 Å². The van der Waals surface area contributed by atoms with Crippen LogP contribution >= 0.6 is 0 Å². The van der Waals surface area contributed by atoms with Crippen LogP contribution in [0.4, 0.5) is 0 Å². The predicted molar refractivity (Wildman–Crippen MR) is 127 cm³/mol. The lowest BCUT2D eigenvalue weighted by atomic mass is 9.90. The molecule has 0 bridgehead atoms. The van der Waals surface area contributed by atoms with Gasteiger partial charge in [-0.3, -0.25) is 4.79 Å². The second kappa shape index (κ2) is 10.7. The van der Waals surface area contributed by atoms with E-state index in [-0.39, 0.29) is 34.8 Å². The lowest BCUT2D eigenvalue weighted by Crippen LogP contribution is -2.60. The van der Waals surface area contributed by atoms with Crippen LogP contribution in [0.2, 0.25) is 0 Å². The van der Waals surface area contributed by atoms with Gasteiger partial charge in [0.15, 0.2) is 12.2 Å². The van der Waals surface area contributed by atoms with E-state index in [2.05, 4.69) is 0 Å². The first-order valence-electron chi connectivity index (χ1n) is 11.7. The van der Waals surface area contributed by atoms with Crippen LogP contribution in [-0.2, 0) is 11.2 Å². The highest BCUT2D eigenvalue weighted by molar-refractivity contribution is 6.06. The summed E-state index contributed by atoms with van der Waals surface area (Å²) in [5.74, 6) is -1.45. The molecule has 11 nitrogen and oxygen atoms in total. The molecular formula is C26H30O11. The van der Waals surface area contributed by atoms with Crippen LogP contribution in [0.1, 0.15) is 41.4 Å². The van der Waals surface area contributed by atoms with Crippen molar-refractivity contribution >= 4 is 5.78 Å².